The van der Waals surface area contributed by atoms with Crippen molar-refractivity contribution in [3.63, 3.8) is 0 Å². The molecule has 2 aromatic rings. The van der Waals surface area contributed by atoms with Crippen molar-refractivity contribution < 1.29 is 4.79 Å². The highest BCUT2D eigenvalue weighted by molar-refractivity contribution is 9.11. The molecule has 0 aliphatic rings. The third-order valence-electron chi connectivity index (χ3n) is 2.69. The molecule has 2 aromatic carbocycles. The molecule has 0 heterocycles. The first kappa shape index (κ1) is 14.5. The molecule has 0 atom stereocenters. The lowest BCUT2D eigenvalue weighted by molar-refractivity contribution is 0.103. The van der Waals surface area contributed by atoms with Gasteiger partial charge in [0.15, 0.2) is 5.78 Å². The smallest absolute Gasteiger partial charge is 0.195 e. The van der Waals surface area contributed by atoms with Crippen LogP contribution < -0.4 is 0 Å². The number of carbonyl (C=O) groups is 1. The summed E-state index contributed by atoms with van der Waals surface area (Å²) in [5.74, 6) is -0.183. The molecule has 0 aliphatic carbocycles. The number of rotatable bonds is 2. The Morgan fingerprint density at radius 2 is 1.25 bits per heavy atom. The molecule has 0 radical (unpaired) electrons. The van der Waals surface area contributed by atoms with Gasteiger partial charge in [-0.1, -0.05) is 0 Å². The third kappa shape index (κ3) is 2.80. The lowest BCUT2D eigenvalue weighted by Gasteiger charge is -2.06. The Labute approximate surface area is 132 Å². The quantitative estimate of drug-likeness (QED) is 0.723. The lowest BCUT2D eigenvalue weighted by Crippen LogP contribution is -2.04. The van der Waals surface area contributed by atoms with Gasteiger partial charge in [0.2, 0.25) is 0 Å². The van der Waals surface area contributed by atoms with E-state index in [-0.39, 0.29) is 5.78 Å². The van der Waals surface area contributed by atoms with E-state index in [0.717, 1.165) is 0 Å². The second-order valence-corrected chi connectivity index (χ2v) is 5.65. The van der Waals surface area contributed by atoms with E-state index in [1.165, 1.54) is 0 Å². The molecule has 0 bridgehead atoms. The van der Waals surface area contributed by atoms with Gasteiger partial charge in [-0.2, -0.15) is 10.5 Å². The summed E-state index contributed by atoms with van der Waals surface area (Å²) in [4.78, 5) is 12.5. The molecule has 2 rings (SSSR count). The summed E-state index contributed by atoms with van der Waals surface area (Å²) in [6, 6.07) is 13.6. The van der Waals surface area contributed by atoms with Crippen molar-refractivity contribution in [1.82, 2.24) is 0 Å². The Morgan fingerprint density at radius 1 is 0.850 bits per heavy atom. The third-order valence-corrected chi connectivity index (χ3v) is 4.00. The minimum Gasteiger partial charge on any atom is -0.289 e. The molecule has 0 aliphatic heterocycles. The standard InChI is InChI=1S/C15H6Br2N2O/c16-13-5-9(7-18)1-3-11(13)15(20)12-4-2-10(8-19)6-14(12)17/h1-6H. The van der Waals surface area contributed by atoms with Gasteiger partial charge in [0.25, 0.3) is 0 Å². The lowest BCUT2D eigenvalue weighted by atomic mass is 10.0. The van der Waals surface area contributed by atoms with E-state index >= 15 is 0 Å². The first-order valence-corrected chi connectivity index (χ1v) is 7.09. The van der Waals surface area contributed by atoms with Gasteiger partial charge >= 0.3 is 0 Å². The first-order valence-electron chi connectivity index (χ1n) is 5.51. The number of hydrogen-bond acceptors (Lipinski definition) is 3. The zero-order chi connectivity index (χ0) is 14.7. The summed E-state index contributed by atoms with van der Waals surface area (Å²) in [7, 11) is 0. The van der Waals surface area contributed by atoms with Gasteiger partial charge in [0, 0.05) is 20.1 Å². The second kappa shape index (κ2) is 6.00. The van der Waals surface area contributed by atoms with E-state index in [9.17, 15) is 4.79 Å². The van der Waals surface area contributed by atoms with Gasteiger partial charge in [0.1, 0.15) is 0 Å². The highest BCUT2D eigenvalue weighted by Gasteiger charge is 2.16. The van der Waals surface area contributed by atoms with Crippen LogP contribution in [0.1, 0.15) is 27.0 Å². The number of nitrogens with zero attached hydrogens (tertiary/aromatic N) is 2. The first-order chi connectivity index (χ1) is 9.56. The number of ketones is 1. The molecule has 20 heavy (non-hydrogen) atoms. The molecule has 0 amide bonds. The predicted molar refractivity (Wildman–Crippen MR) is 81.1 cm³/mol. The van der Waals surface area contributed by atoms with Crippen LogP contribution in [0.4, 0.5) is 0 Å². The van der Waals surface area contributed by atoms with E-state index in [1.54, 1.807) is 36.4 Å². The van der Waals surface area contributed by atoms with Crippen LogP contribution in [-0.2, 0) is 0 Å². The molecule has 96 valence electrons. The van der Waals surface area contributed by atoms with E-state index in [1.807, 2.05) is 12.1 Å². The SMILES string of the molecule is N#Cc1ccc(C(=O)c2ccc(C#N)cc2Br)c(Br)c1. The van der Waals surface area contributed by atoms with Gasteiger partial charge in [-0.3, -0.25) is 4.79 Å². The monoisotopic (exact) mass is 388 g/mol. The zero-order valence-corrected chi connectivity index (χ0v) is 13.2. The molecule has 0 saturated heterocycles. The van der Waals surface area contributed by atoms with Crippen molar-refractivity contribution in [3.8, 4) is 12.1 Å². The number of benzene rings is 2. The molecule has 3 nitrogen and oxygen atoms in total. The van der Waals surface area contributed by atoms with Gasteiger partial charge in [0.05, 0.1) is 23.3 Å². The second-order valence-electron chi connectivity index (χ2n) is 3.94. The van der Waals surface area contributed by atoms with Crippen molar-refractivity contribution in [3.05, 3.63) is 67.6 Å². The number of halogens is 2. The molecule has 0 aromatic heterocycles. The maximum absolute atomic E-state index is 12.5. The Kier molecular flexibility index (Phi) is 4.34. The maximum atomic E-state index is 12.5. The Morgan fingerprint density at radius 3 is 1.55 bits per heavy atom. The molecule has 0 N–H and O–H groups in total. The van der Waals surface area contributed by atoms with Crippen LogP contribution in [-0.4, -0.2) is 5.78 Å². The van der Waals surface area contributed by atoms with Crippen LogP contribution in [0.25, 0.3) is 0 Å². The summed E-state index contributed by atoms with van der Waals surface area (Å²) >= 11 is 6.60. The maximum Gasteiger partial charge on any atom is 0.195 e. The van der Waals surface area contributed by atoms with Crippen LogP contribution >= 0.6 is 31.9 Å². The predicted octanol–water partition coefficient (Wildman–Crippen LogP) is 4.19. The topological polar surface area (TPSA) is 64.7 Å². The minimum absolute atomic E-state index is 0.183. The fourth-order valence-electron chi connectivity index (χ4n) is 1.68. The zero-order valence-electron chi connectivity index (χ0n) is 10.0. The van der Waals surface area contributed by atoms with E-state index < -0.39 is 0 Å². The van der Waals surface area contributed by atoms with Crippen LogP contribution in [0.2, 0.25) is 0 Å². The fraction of sp³-hybridized carbons (Fsp3) is 0. The highest BCUT2D eigenvalue weighted by Crippen LogP contribution is 2.26. The molecule has 0 spiro atoms. The summed E-state index contributed by atoms with van der Waals surface area (Å²) in [5.41, 5.74) is 1.89. The Hall–Kier alpha value is -1.95. The van der Waals surface area contributed by atoms with Gasteiger partial charge < -0.3 is 0 Å². The molecule has 0 fully saturated rings. The molecular weight excluding hydrogens is 384 g/mol. The average molecular weight is 390 g/mol. The van der Waals surface area contributed by atoms with Crippen molar-refractivity contribution in [1.29, 1.82) is 10.5 Å². The average Bonchev–Trinajstić information content (AvgIpc) is 2.46. The van der Waals surface area contributed by atoms with E-state index in [2.05, 4.69) is 31.9 Å². The molecule has 0 saturated carbocycles. The van der Waals surface area contributed by atoms with Crippen LogP contribution in [0, 0.1) is 22.7 Å². The van der Waals surface area contributed by atoms with E-state index in [0.29, 0.717) is 31.2 Å². The highest BCUT2D eigenvalue weighted by atomic mass is 79.9. The summed E-state index contributed by atoms with van der Waals surface area (Å²) in [6.07, 6.45) is 0. The summed E-state index contributed by atoms with van der Waals surface area (Å²) < 4.78 is 1.13. The molecular formula is C15H6Br2N2O. The minimum atomic E-state index is -0.183. The Balaban J connectivity index is 2.47. The van der Waals surface area contributed by atoms with Crippen LogP contribution in [0.15, 0.2) is 45.3 Å². The Bertz CT molecular complexity index is 720. The molecule has 5 heteroatoms. The largest absolute Gasteiger partial charge is 0.289 e. The van der Waals surface area contributed by atoms with Crippen LogP contribution in [0.3, 0.4) is 0 Å². The molecule has 0 unspecified atom stereocenters. The van der Waals surface area contributed by atoms with Crippen molar-refractivity contribution in [2.24, 2.45) is 0 Å². The van der Waals surface area contributed by atoms with Crippen LogP contribution in [0.5, 0.6) is 0 Å². The number of hydrogen-bond donors (Lipinski definition) is 0. The number of carbonyl (C=O) groups excluding carboxylic acids is 1. The summed E-state index contributed by atoms with van der Waals surface area (Å²) in [5, 5.41) is 17.6. The summed E-state index contributed by atoms with van der Waals surface area (Å²) in [6.45, 7) is 0. The van der Waals surface area contributed by atoms with Gasteiger partial charge in [-0.15, -0.1) is 0 Å². The normalized spacial score (nSPS) is 9.60. The van der Waals surface area contributed by atoms with Gasteiger partial charge in [-0.05, 0) is 68.3 Å². The van der Waals surface area contributed by atoms with Crippen molar-refractivity contribution >= 4 is 37.6 Å². The van der Waals surface area contributed by atoms with E-state index in [4.69, 9.17) is 10.5 Å². The van der Waals surface area contributed by atoms with Crippen molar-refractivity contribution in [2.45, 2.75) is 0 Å². The number of nitriles is 2. The van der Waals surface area contributed by atoms with Gasteiger partial charge in [-0.25, -0.2) is 0 Å². The van der Waals surface area contributed by atoms with Crippen molar-refractivity contribution in [2.75, 3.05) is 0 Å². The fourth-order valence-corrected chi connectivity index (χ4v) is 2.80.